The van der Waals surface area contributed by atoms with Crippen molar-refractivity contribution in [2.45, 2.75) is 27.2 Å². The zero-order valence-electron chi connectivity index (χ0n) is 17.6. The first-order chi connectivity index (χ1) is 14.4. The average Bonchev–Trinajstić information content (AvgIpc) is 3.21. The maximum Gasteiger partial charge on any atom is 0.274 e. The fraction of sp³-hybridized carbons (Fsp3) is 0.208. The molecule has 0 atom stereocenters. The summed E-state index contributed by atoms with van der Waals surface area (Å²) in [5.74, 6) is 1.22. The number of benzene rings is 1. The molecular formula is C24H26ClN3O2. The second-order valence-corrected chi connectivity index (χ2v) is 7.44. The second kappa shape index (κ2) is 9.09. The molecule has 3 aromatic rings. The highest BCUT2D eigenvalue weighted by atomic mass is 35.5. The smallest absolute Gasteiger partial charge is 0.274 e. The molecule has 6 heteroatoms. The summed E-state index contributed by atoms with van der Waals surface area (Å²) in [5.41, 5.74) is 9.74. The fourth-order valence-corrected chi connectivity index (χ4v) is 3.52. The molecule has 0 saturated heterocycles. The molecule has 0 saturated carbocycles. The van der Waals surface area contributed by atoms with Gasteiger partial charge in [-0.15, -0.1) is 0 Å². The van der Waals surface area contributed by atoms with Gasteiger partial charge in [-0.05, 0) is 50.1 Å². The van der Waals surface area contributed by atoms with E-state index in [0.29, 0.717) is 27.7 Å². The highest BCUT2D eigenvalue weighted by Crippen LogP contribution is 2.35. The van der Waals surface area contributed by atoms with E-state index in [9.17, 15) is 4.79 Å². The lowest BCUT2D eigenvalue weighted by atomic mass is 10.00. The van der Waals surface area contributed by atoms with Crippen molar-refractivity contribution in [2.24, 2.45) is 12.8 Å². The molecule has 3 N–H and O–H groups in total. The van der Waals surface area contributed by atoms with Crippen molar-refractivity contribution in [1.82, 2.24) is 9.55 Å². The standard InChI is InChI=1S/C24H26ClN3O2/c1-5-8-21(30-23-15(3)9-7-10-20(23)25)18(13-16(26)6-2)19-14-28(4)24(29)22-17(19)11-12-27-22/h6-14,27H,5,26H2,1-4H3/b16-6+,18-13-,21-8-. The van der Waals surface area contributed by atoms with Gasteiger partial charge in [0.1, 0.15) is 17.0 Å². The number of allylic oxidation sites excluding steroid dienone is 4. The number of hydrogen-bond donors (Lipinski definition) is 2. The van der Waals surface area contributed by atoms with Crippen LogP contribution in [0.4, 0.5) is 0 Å². The van der Waals surface area contributed by atoms with Crippen LogP contribution in [0.2, 0.25) is 5.02 Å². The minimum absolute atomic E-state index is 0.0963. The van der Waals surface area contributed by atoms with Crippen LogP contribution in [0.25, 0.3) is 16.5 Å². The summed E-state index contributed by atoms with van der Waals surface area (Å²) in [7, 11) is 1.73. The number of aryl methyl sites for hydroxylation is 2. The summed E-state index contributed by atoms with van der Waals surface area (Å²) in [4.78, 5) is 15.6. The number of pyridine rings is 1. The molecule has 0 aliphatic heterocycles. The zero-order valence-corrected chi connectivity index (χ0v) is 18.4. The first kappa shape index (κ1) is 21.5. The van der Waals surface area contributed by atoms with Crippen LogP contribution in [0, 0.1) is 6.92 Å². The van der Waals surface area contributed by atoms with E-state index in [1.54, 1.807) is 30.1 Å². The van der Waals surface area contributed by atoms with Gasteiger partial charge in [-0.1, -0.05) is 36.7 Å². The van der Waals surface area contributed by atoms with Gasteiger partial charge >= 0.3 is 0 Å². The Kier molecular flexibility index (Phi) is 6.53. The lowest BCUT2D eigenvalue weighted by Crippen LogP contribution is -2.18. The number of nitrogens with zero attached hydrogens (tertiary/aromatic N) is 1. The van der Waals surface area contributed by atoms with Crippen LogP contribution in [0.15, 0.2) is 71.1 Å². The largest absolute Gasteiger partial charge is 0.455 e. The van der Waals surface area contributed by atoms with E-state index in [1.165, 1.54) is 0 Å². The second-order valence-electron chi connectivity index (χ2n) is 7.04. The van der Waals surface area contributed by atoms with Crippen molar-refractivity contribution in [2.75, 3.05) is 0 Å². The molecule has 0 aliphatic carbocycles. The normalized spacial score (nSPS) is 13.2. The summed E-state index contributed by atoms with van der Waals surface area (Å²) >= 11 is 6.42. The molecule has 156 valence electrons. The number of para-hydroxylation sites is 1. The van der Waals surface area contributed by atoms with E-state index < -0.39 is 0 Å². The third-order valence-corrected chi connectivity index (χ3v) is 5.16. The zero-order chi connectivity index (χ0) is 21.8. The van der Waals surface area contributed by atoms with Gasteiger partial charge in [0.25, 0.3) is 5.56 Å². The van der Waals surface area contributed by atoms with Gasteiger partial charge in [0.05, 0.1) is 5.02 Å². The van der Waals surface area contributed by atoms with E-state index in [1.807, 2.05) is 57.2 Å². The van der Waals surface area contributed by atoms with E-state index in [2.05, 4.69) is 4.98 Å². The number of fused-ring (bicyclic) bond motifs is 1. The summed E-state index contributed by atoms with van der Waals surface area (Å²) in [6.07, 6.45) is 9.98. The number of ether oxygens (including phenoxy) is 1. The van der Waals surface area contributed by atoms with Crippen molar-refractivity contribution in [3.8, 4) is 5.75 Å². The van der Waals surface area contributed by atoms with Gasteiger partial charge in [0, 0.05) is 41.7 Å². The first-order valence-electron chi connectivity index (χ1n) is 9.81. The topological polar surface area (TPSA) is 73.0 Å². The number of aromatic nitrogens is 2. The average molecular weight is 424 g/mol. The summed E-state index contributed by atoms with van der Waals surface area (Å²) in [6.45, 7) is 5.86. The van der Waals surface area contributed by atoms with Crippen molar-refractivity contribution in [3.63, 3.8) is 0 Å². The Morgan fingerprint density at radius 3 is 2.77 bits per heavy atom. The van der Waals surface area contributed by atoms with Crippen molar-refractivity contribution in [3.05, 3.63) is 92.8 Å². The van der Waals surface area contributed by atoms with Crippen molar-refractivity contribution < 1.29 is 4.74 Å². The molecule has 0 unspecified atom stereocenters. The molecule has 0 spiro atoms. The molecule has 1 aromatic carbocycles. The van der Waals surface area contributed by atoms with E-state index in [0.717, 1.165) is 28.5 Å². The molecular weight excluding hydrogens is 398 g/mol. The number of aromatic amines is 1. The van der Waals surface area contributed by atoms with Gasteiger partial charge in [0.2, 0.25) is 0 Å². The van der Waals surface area contributed by atoms with Crippen LogP contribution in [-0.4, -0.2) is 9.55 Å². The number of hydrogen-bond acceptors (Lipinski definition) is 3. The molecule has 2 aromatic heterocycles. The van der Waals surface area contributed by atoms with Gasteiger partial charge in [0.15, 0.2) is 0 Å². The van der Waals surface area contributed by atoms with Crippen LogP contribution >= 0.6 is 11.6 Å². The van der Waals surface area contributed by atoms with Gasteiger partial charge in [-0.25, -0.2) is 0 Å². The molecule has 0 fully saturated rings. The molecule has 0 bridgehead atoms. The van der Waals surface area contributed by atoms with E-state index >= 15 is 0 Å². The Morgan fingerprint density at radius 2 is 2.10 bits per heavy atom. The number of nitrogens with two attached hydrogens (primary N) is 1. The lowest BCUT2D eigenvalue weighted by molar-refractivity contribution is 0.444. The lowest BCUT2D eigenvalue weighted by Gasteiger charge is -2.18. The Balaban J connectivity index is 2.27. The fourth-order valence-electron chi connectivity index (χ4n) is 3.26. The van der Waals surface area contributed by atoms with Crippen molar-refractivity contribution in [1.29, 1.82) is 0 Å². The number of nitrogens with one attached hydrogen (secondary N) is 1. The maximum absolute atomic E-state index is 12.5. The Labute approximate surface area is 181 Å². The molecule has 3 rings (SSSR count). The van der Waals surface area contributed by atoms with Crippen LogP contribution in [0.5, 0.6) is 5.75 Å². The summed E-state index contributed by atoms with van der Waals surface area (Å²) < 4.78 is 7.91. The SMILES string of the molecule is C\C=C(N)/C=C(\C(=C\CC)Oc1c(C)cccc1Cl)c1cn(C)c(=O)c2[nH]ccc12. The predicted molar refractivity (Wildman–Crippen MR) is 125 cm³/mol. The molecule has 2 heterocycles. The van der Waals surface area contributed by atoms with Crippen LogP contribution in [0.3, 0.4) is 0 Å². The predicted octanol–water partition coefficient (Wildman–Crippen LogP) is 5.45. The van der Waals surface area contributed by atoms with Gasteiger partial charge < -0.3 is 20.0 Å². The number of rotatable bonds is 6. The highest BCUT2D eigenvalue weighted by molar-refractivity contribution is 6.32. The number of H-pyrrole nitrogens is 1. The van der Waals surface area contributed by atoms with Gasteiger partial charge in [-0.2, -0.15) is 0 Å². The van der Waals surface area contributed by atoms with E-state index in [-0.39, 0.29) is 5.56 Å². The van der Waals surface area contributed by atoms with Crippen molar-refractivity contribution >= 4 is 28.1 Å². The van der Waals surface area contributed by atoms with Crippen LogP contribution < -0.4 is 16.0 Å². The maximum atomic E-state index is 12.5. The monoisotopic (exact) mass is 423 g/mol. The Morgan fingerprint density at radius 1 is 1.33 bits per heavy atom. The minimum Gasteiger partial charge on any atom is -0.455 e. The Hall–Kier alpha value is -3.18. The first-order valence-corrected chi connectivity index (χ1v) is 10.2. The highest BCUT2D eigenvalue weighted by Gasteiger charge is 2.18. The Bertz CT molecular complexity index is 1210. The molecule has 5 nitrogen and oxygen atoms in total. The van der Waals surface area contributed by atoms with Crippen LogP contribution in [-0.2, 0) is 7.05 Å². The minimum atomic E-state index is -0.0963. The number of halogens is 1. The molecule has 0 amide bonds. The van der Waals surface area contributed by atoms with Crippen LogP contribution in [0.1, 0.15) is 31.4 Å². The van der Waals surface area contributed by atoms with E-state index in [4.69, 9.17) is 22.1 Å². The van der Waals surface area contributed by atoms with Gasteiger partial charge in [-0.3, -0.25) is 4.79 Å². The summed E-state index contributed by atoms with van der Waals surface area (Å²) in [5, 5.41) is 1.33. The molecule has 30 heavy (non-hydrogen) atoms. The molecule has 0 radical (unpaired) electrons. The quantitative estimate of drug-likeness (QED) is 0.409. The third-order valence-electron chi connectivity index (χ3n) is 4.86. The summed E-state index contributed by atoms with van der Waals surface area (Å²) in [6, 6.07) is 7.52. The third kappa shape index (κ3) is 4.21. The molecule has 0 aliphatic rings.